The third kappa shape index (κ3) is 2.72. The van der Waals surface area contributed by atoms with E-state index in [0.29, 0.717) is 5.56 Å². The van der Waals surface area contributed by atoms with Crippen molar-refractivity contribution in [1.82, 2.24) is 0 Å². The van der Waals surface area contributed by atoms with Crippen LogP contribution in [0.15, 0.2) is 65.8 Å². The first kappa shape index (κ1) is 13.2. The molecule has 3 heteroatoms. The van der Waals surface area contributed by atoms with Crippen molar-refractivity contribution in [3.05, 3.63) is 71.8 Å². The number of nitrogens with one attached hydrogen (secondary N) is 1. The first-order chi connectivity index (χ1) is 10.3. The largest absolute Gasteiger partial charge is 0.507 e. The van der Waals surface area contributed by atoms with Crippen LogP contribution in [0.5, 0.6) is 5.75 Å². The fourth-order valence-corrected chi connectivity index (χ4v) is 2.28. The molecule has 3 rings (SSSR count). The number of para-hydroxylation sites is 1. The van der Waals surface area contributed by atoms with Gasteiger partial charge in [0.2, 0.25) is 0 Å². The molecule has 3 nitrogen and oxygen atoms in total. The van der Waals surface area contributed by atoms with E-state index in [1.165, 1.54) is 0 Å². The van der Waals surface area contributed by atoms with Crippen LogP contribution in [-0.2, 0) is 0 Å². The van der Waals surface area contributed by atoms with Gasteiger partial charge >= 0.3 is 0 Å². The molecule has 104 valence electrons. The summed E-state index contributed by atoms with van der Waals surface area (Å²) < 4.78 is 0. The van der Waals surface area contributed by atoms with Crippen LogP contribution in [0.2, 0.25) is 0 Å². The van der Waals surface area contributed by atoms with E-state index in [1.54, 1.807) is 12.3 Å². The van der Waals surface area contributed by atoms with Crippen molar-refractivity contribution in [3.8, 4) is 5.75 Å². The normalized spacial score (nSPS) is 11.1. The van der Waals surface area contributed by atoms with Gasteiger partial charge in [0.15, 0.2) is 0 Å². The Morgan fingerprint density at radius 3 is 2.57 bits per heavy atom. The van der Waals surface area contributed by atoms with Gasteiger partial charge in [-0.15, -0.1) is 0 Å². The van der Waals surface area contributed by atoms with Crippen molar-refractivity contribution in [1.29, 1.82) is 0 Å². The van der Waals surface area contributed by atoms with E-state index >= 15 is 0 Å². The van der Waals surface area contributed by atoms with Crippen molar-refractivity contribution in [3.63, 3.8) is 0 Å². The van der Waals surface area contributed by atoms with E-state index in [-0.39, 0.29) is 5.75 Å². The molecule has 0 bridgehead atoms. The van der Waals surface area contributed by atoms with Crippen LogP contribution in [0.25, 0.3) is 10.8 Å². The lowest BCUT2D eigenvalue weighted by Gasteiger charge is -2.06. The predicted octanol–water partition coefficient (Wildman–Crippen LogP) is 4.30. The first-order valence-corrected chi connectivity index (χ1v) is 6.81. The van der Waals surface area contributed by atoms with Gasteiger partial charge in [-0.25, -0.2) is 0 Å². The molecule has 0 saturated carbocycles. The van der Waals surface area contributed by atoms with Gasteiger partial charge in [-0.1, -0.05) is 48.5 Å². The molecule has 0 radical (unpaired) electrons. The van der Waals surface area contributed by atoms with Crippen LogP contribution in [-0.4, -0.2) is 11.3 Å². The van der Waals surface area contributed by atoms with Gasteiger partial charge in [0, 0.05) is 5.56 Å². The van der Waals surface area contributed by atoms with Crippen LogP contribution in [0, 0.1) is 6.92 Å². The Hall–Kier alpha value is -2.81. The highest BCUT2D eigenvalue weighted by Crippen LogP contribution is 2.25. The summed E-state index contributed by atoms with van der Waals surface area (Å²) in [6.45, 7) is 2.02. The lowest BCUT2D eigenvalue weighted by molar-refractivity contribution is 0.475. The molecular formula is C18H16N2O. The van der Waals surface area contributed by atoms with E-state index in [4.69, 9.17) is 0 Å². The molecule has 21 heavy (non-hydrogen) atoms. The van der Waals surface area contributed by atoms with E-state index in [0.717, 1.165) is 22.0 Å². The second-order valence-corrected chi connectivity index (χ2v) is 4.90. The summed E-state index contributed by atoms with van der Waals surface area (Å²) in [5, 5.41) is 16.3. The Kier molecular flexibility index (Phi) is 3.56. The van der Waals surface area contributed by atoms with Gasteiger partial charge in [-0.05, 0) is 35.4 Å². The maximum absolute atomic E-state index is 10.0. The van der Waals surface area contributed by atoms with E-state index in [2.05, 4.69) is 10.5 Å². The number of phenols is 1. The molecule has 0 atom stereocenters. The molecule has 3 aromatic carbocycles. The molecule has 3 aromatic rings. The van der Waals surface area contributed by atoms with Crippen molar-refractivity contribution >= 4 is 22.7 Å². The van der Waals surface area contributed by atoms with Gasteiger partial charge < -0.3 is 5.11 Å². The number of phenolic OH excluding ortho intramolecular Hbond substituents is 1. The van der Waals surface area contributed by atoms with E-state index in [1.807, 2.05) is 61.5 Å². The Morgan fingerprint density at radius 2 is 1.71 bits per heavy atom. The van der Waals surface area contributed by atoms with Crippen LogP contribution in [0.4, 0.5) is 5.69 Å². The quantitative estimate of drug-likeness (QED) is 0.553. The minimum absolute atomic E-state index is 0.226. The molecule has 0 aromatic heterocycles. The number of aromatic hydroxyl groups is 1. The van der Waals surface area contributed by atoms with Crippen LogP contribution in [0.1, 0.15) is 11.1 Å². The van der Waals surface area contributed by atoms with Crippen molar-refractivity contribution in [2.45, 2.75) is 6.92 Å². The van der Waals surface area contributed by atoms with E-state index in [9.17, 15) is 5.11 Å². The molecule has 0 aliphatic rings. The molecule has 2 N–H and O–H groups in total. The van der Waals surface area contributed by atoms with Crippen molar-refractivity contribution in [2.75, 3.05) is 5.43 Å². The molecule has 0 fully saturated rings. The number of fused-ring (bicyclic) bond motifs is 1. The summed E-state index contributed by atoms with van der Waals surface area (Å²) >= 11 is 0. The number of hydrazone groups is 1. The number of hydrogen-bond donors (Lipinski definition) is 2. The zero-order valence-electron chi connectivity index (χ0n) is 11.7. The van der Waals surface area contributed by atoms with E-state index < -0.39 is 0 Å². The van der Waals surface area contributed by atoms with Gasteiger partial charge in [-0.2, -0.15) is 5.10 Å². The monoisotopic (exact) mass is 276 g/mol. The third-order valence-corrected chi connectivity index (χ3v) is 3.47. The number of aryl methyl sites for hydroxylation is 1. The number of hydrogen-bond acceptors (Lipinski definition) is 3. The molecule has 0 saturated heterocycles. The summed E-state index contributed by atoms with van der Waals surface area (Å²) in [6.07, 6.45) is 1.66. The standard InChI is InChI=1S/C18H16N2O/c1-13-6-2-5-9-17(13)20-19-12-16-15-8-4-3-7-14(15)10-11-18(16)21/h2-12,20-21H,1H3/b19-12+. The van der Waals surface area contributed by atoms with Crippen molar-refractivity contribution < 1.29 is 5.11 Å². The minimum atomic E-state index is 0.226. The Bertz CT molecular complexity index is 809. The van der Waals surface area contributed by atoms with Crippen molar-refractivity contribution in [2.24, 2.45) is 5.10 Å². The minimum Gasteiger partial charge on any atom is -0.507 e. The second-order valence-electron chi connectivity index (χ2n) is 4.90. The Morgan fingerprint density at radius 1 is 0.952 bits per heavy atom. The molecule has 0 unspecified atom stereocenters. The van der Waals surface area contributed by atoms with Crippen LogP contribution < -0.4 is 5.43 Å². The highest BCUT2D eigenvalue weighted by Gasteiger charge is 2.04. The highest BCUT2D eigenvalue weighted by molar-refractivity contribution is 6.02. The van der Waals surface area contributed by atoms with Gasteiger partial charge in [-0.3, -0.25) is 5.43 Å². The van der Waals surface area contributed by atoms with Gasteiger partial charge in [0.1, 0.15) is 5.75 Å². The summed E-state index contributed by atoms with van der Waals surface area (Å²) in [4.78, 5) is 0. The molecule has 0 aliphatic carbocycles. The first-order valence-electron chi connectivity index (χ1n) is 6.81. The zero-order chi connectivity index (χ0) is 14.7. The molecular weight excluding hydrogens is 260 g/mol. The number of benzene rings is 3. The maximum Gasteiger partial charge on any atom is 0.125 e. The fraction of sp³-hybridized carbons (Fsp3) is 0.0556. The summed E-state index contributed by atoms with van der Waals surface area (Å²) in [5.74, 6) is 0.226. The fourth-order valence-electron chi connectivity index (χ4n) is 2.28. The average molecular weight is 276 g/mol. The molecule has 0 amide bonds. The summed E-state index contributed by atoms with van der Waals surface area (Å²) in [6, 6.07) is 19.4. The number of nitrogens with zero attached hydrogens (tertiary/aromatic N) is 1. The van der Waals surface area contributed by atoms with Gasteiger partial charge in [0.05, 0.1) is 11.9 Å². The van der Waals surface area contributed by atoms with Gasteiger partial charge in [0.25, 0.3) is 0 Å². The number of anilines is 1. The SMILES string of the molecule is Cc1ccccc1N/N=C/c1c(O)ccc2ccccc12. The summed E-state index contributed by atoms with van der Waals surface area (Å²) in [5.41, 5.74) is 5.80. The zero-order valence-corrected chi connectivity index (χ0v) is 11.7. The third-order valence-electron chi connectivity index (χ3n) is 3.47. The second kappa shape index (κ2) is 5.67. The molecule has 0 aliphatic heterocycles. The van der Waals surface area contributed by atoms with Crippen LogP contribution in [0.3, 0.4) is 0 Å². The predicted molar refractivity (Wildman–Crippen MR) is 88.0 cm³/mol. The van der Waals surface area contributed by atoms with Crippen LogP contribution >= 0.6 is 0 Å². The maximum atomic E-state index is 10.0. The molecule has 0 heterocycles. The topological polar surface area (TPSA) is 44.6 Å². The lowest BCUT2D eigenvalue weighted by atomic mass is 10.0. The Labute approximate surface area is 123 Å². The lowest BCUT2D eigenvalue weighted by Crippen LogP contribution is -1.93. The highest BCUT2D eigenvalue weighted by atomic mass is 16.3. The Balaban J connectivity index is 1.93. The average Bonchev–Trinajstić information content (AvgIpc) is 2.51. The smallest absolute Gasteiger partial charge is 0.125 e. The number of rotatable bonds is 3. The molecule has 0 spiro atoms. The summed E-state index contributed by atoms with van der Waals surface area (Å²) in [7, 11) is 0.